The largest absolute Gasteiger partial charge is 0.378 e. The lowest BCUT2D eigenvalue weighted by molar-refractivity contribution is -0.0441. The summed E-state index contributed by atoms with van der Waals surface area (Å²) in [5.74, 6) is 0. The molecule has 0 atom stereocenters. The van der Waals surface area contributed by atoms with E-state index in [0.29, 0.717) is 13.2 Å². The molecule has 0 amide bonds. The fourth-order valence-corrected chi connectivity index (χ4v) is 2.34. The molecule has 2 aromatic carbocycles. The second kappa shape index (κ2) is 5.65. The number of hydrogen-bond acceptors (Lipinski definition) is 3. The van der Waals surface area contributed by atoms with Crippen LogP contribution in [-0.2, 0) is 9.47 Å². The quantitative estimate of drug-likeness (QED) is 0.851. The van der Waals surface area contributed by atoms with E-state index in [9.17, 15) is 0 Å². The van der Waals surface area contributed by atoms with Crippen molar-refractivity contribution in [3.63, 3.8) is 0 Å². The first-order chi connectivity index (χ1) is 9.74. The molecule has 3 nitrogen and oxygen atoms in total. The van der Waals surface area contributed by atoms with Crippen LogP contribution < -0.4 is 4.90 Å². The molecule has 0 spiro atoms. The smallest absolute Gasteiger partial charge is 0.184 e. The van der Waals surface area contributed by atoms with Crippen LogP contribution in [0.3, 0.4) is 0 Å². The molecule has 2 aromatic rings. The third-order valence-electron chi connectivity index (χ3n) is 3.52. The first kappa shape index (κ1) is 13.2. The summed E-state index contributed by atoms with van der Waals surface area (Å²) in [5, 5.41) is 0. The summed E-state index contributed by atoms with van der Waals surface area (Å²) in [5.41, 5.74) is 4.71. The van der Waals surface area contributed by atoms with Crippen molar-refractivity contribution in [1.82, 2.24) is 0 Å². The van der Waals surface area contributed by atoms with E-state index < -0.39 is 0 Å². The minimum Gasteiger partial charge on any atom is -0.378 e. The van der Waals surface area contributed by atoms with Crippen molar-refractivity contribution in [2.45, 2.75) is 6.29 Å². The monoisotopic (exact) mass is 269 g/mol. The number of anilines is 1. The Kier molecular flexibility index (Phi) is 3.72. The van der Waals surface area contributed by atoms with Gasteiger partial charge in [-0.1, -0.05) is 36.4 Å². The zero-order chi connectivity index (χ0) is 13.9. The summed E-state index contributed by atoms with van der Waals surface area (Å²) in [4.78, 5) is 2.10. The maximum absolute atomic E-state index is 5.50. The molecule has 1 aliphatic rings. The number of rotatable bonds is 3. The van der Waals surface area contributed by atoms with Gasteiger partial charge in [0.1, 0.15) is 0 Å². The Morgan fingerprint density at radius 2 is 1.30 bits per heavy atom. The van der Waals surface area contributed by atoms with Gasteiger partial charge in [0, 0.05) is 25.3 Å². The van der Waals surface area contributed by atoms with Crippen molar-refractivity contribution >= 4 is 5.69 Å². The van der Waals surface area contributed by atoms with Gasteiger partial charge in [-0.3, -0.25) is 0 Å². The topological polar surface area (TPSA) is 21.7 Å². The highest BCUT2D eigenvalue weighted by atomic mass is 16.7. The van der Waals surface area contributed by atoms with E-state index in [1.165, 1.54) is 16.8 Å². The fraction of sp³-hybridized carbons (Fsp3) is 0.294. The summed E-state index contributed by atoms with van der Waals surface area (Å²) in [6.45, 7) is 1.36. The molecule has 3 heteroatoms. The molecule has 0 bridgehead atoms. The van der Waals surface area contributed by atoms with Crippen molar-refractivity contribution < 1.29 is 9.47 Å². The maximum Gasteiger partial charge on any atom is 0.184 e. The minimum absolute atomic E-state index is 0.194. The van der Waals surface area contributed by atoms with Gasteiger partial charge in [-0.15, -0.1) is 0 Å². The average Bonchev–Trinajstić information content (AvgIpc) is 3.02. The fourth-order valence-electron chi connectivity index (χ4n) is 2.34. The lowest BCUT2D eigenvalue weighted by Crippen LogP contribution is -2.07. The van der Waals surface area contributed by atoms with Gasteiger partial charge in [0.2, 0.25) is 0 Å². The van der Waals surface area contributed by atoms with Crippen molar-refractivity contribution in [3.8, 4) is 11.1 Å². The number of nitrogens with zero attached hydrogens (tertiary/aromatic N) is 1. The molecule has 3 rings (SSSR count). The molecule has 1 fully saturated rings. The molecule has 0 saturated carbocycles. The summed E-state index contributed by atoms with van der Waals surface area (Å²) in [6.07, 6.45) is -0.194. The predicted octanol–water partition coefficient (Wildman–Crippen LogP) is 3.47. The van der Waals surface area contributed by atoms with Gasteiger partial charge in [0.25, 0.3) is 0 Å². The van der Waals surface area contributed by atoms with Crippen molar-refractivity contribution in [2.75, 3.05) is 32.2 Å². The first-order valence-electron chi connectivity index (χ1n) is 6.85. The van der Waals surface area contributed by atoms with Crippen LogP contribution in [0.2, 0.25) is 0 Å². The van der Waals surface area contributed by atoms with Gasteiger partial charge >= 0.3 is 0 Å². The molecule has 0 N–H and O–H groups in total. The van der Waals surface area contributed by atoms with Crippen LogP contribution in [0, 0.1) is 0 Å². The molecular formula is C17H19NO2. The summed E-state index contributed by atoms with van der Waals surface area (Å²) < 4.78 is 11.0. The van der Waals surface area contributed by atoms with Crippen LogP contribution in [0.25, 0.3) is 11.1 Å². The van der Waals surface area contributed by atoms with E-state index in [1.807, 2.05) is 14.1 Å². The lowest BCUT2D eigenvalue weighted by atomic mass is 10.0. The van der Waals surface area contributed by atoms with E-state index >= 15 is 0 Å². The van der Waals surface area contributed by atoms with Gasteiger partial charge in [-0.05, 0) is 23.3 Å². The Labute approximate surface area is 119 Å². The van der Waals surface area contributed by atoms with E-state index in [1.54, 1.807) is 0 Å². The van der Waals surface area contributed by atoms with Crippen molar-refractivity contribution in [3.05, 3.63) is 54.1 Å². The third kappa shape index (κ3) is 2.69. The van der Waals surface area contributed by atoms with E-state index in [0.717, 1.165) is 5.56 Å². The average molecular weight is 269 g/mol. The standard InChI is InChI=1S/C17H19NO2/c1-18(2)16-9-7-14(8-10-16)13-3-5-15(6-4-13)17-19-11-12-20-17/h3-10,17H,11-12H2,1-2H3. The number of hydrogen-bond donors (Lipinski definition) is 0. The van der Waals surface area contributed by atoms with Gasteiger partial charge in [-0.25, -0.2) is 0 Å². The Bertz CT molecular complexity index is 555. The molecule has 104 valence electrons. The van der Waals surface area contributed by atoms with Crippen LogP contribution in [-0.4, -0.2) is 27.3 Å². The molecule has 1 aliphatic heterocycles. The highest BCUT2D eigenvalue weighted by Crippen LogP contribution is 2.27. The van der Waals surface area contributed by atoms with Crippen LogP contribution >= 0.6 is 0 Å². The predicted molar refractivity (Wildman–Crippen MR) is 80.9 cm³/mol. The summed E-state index contributed by atoms with van der Waals surface area (Å²) in [6, 6.07) is 16.9. The zero-order valence-electron chi connectivity index (χ0n) is 11.9. The SMILES string of the molecule is CN(C)c1ccc(-c2ccc(C3OCCO3)cc2)cc1. The number of ether oxygens (including phenoxy) is 2. The van der Waals surface area contributed by atoms with E-state index in [4.69, 9.17) is 9.47 Å². The Balaban J connectivity index is 1.79. The molecule has 20 heavy (non-hydrogen) atoms. The molecule has 1 saturated heterocycles. The maximum atomic E-state index is 5.50. The van der Waals surface area contributed by atoms with E-state index in [-0.39, 0.29) is 6.29 Å². The molecule has 0 aromatic heterocycles. The summed E-state index contributed by atoms with van der Waals surface area (Å²) >= 11 is 0. The second-order valence-corrected chi connectivity index (χ2v) is 5.14. The lowest BCUT2D eigenvalue weighted by Gasteiger charge is -2.13. The van der Waals surface area contributed by atoms with Gasteiger partial charge in [0.05, 0.1) is 13.2 Å². The molecule has 0 unspecified atom stereocenters. The molecule has 1 heterocycles. The Hall–Kier alpha value is -1.84. The number of benzene rings is 2. The highest BCUT2D eigenvalue weighted by molar-refractivity contribution is 5.66. The van der Waals surface area contributed by atoms with Gasteiger partial charge in [-0.2, -0.15) is 0 Å². The Morgan fingerprint density at radius 1 is 0.800 bits per heavy atom. The second-order valence-electron chi connectivity index (χ2n) is 5.14. The minimum atomic E-state index is -0.194. The summed E-state index contributed by atoms with van der Waals surface area (Å²) in [7, 11) is 4.09. The van der Waals surface area contributed by atoms with Crippen LogP contribution in [0.5, 0.6) is 0 Å². The molecule has 0 radical (unpaired) electrons. The van der Waals surface area contributed by atoms with Gasteiger partial charge in [0.15, 0.2) is 6.29 Å². The zero-order valence-corrected chi connectivity index (χ0v) is 11.9. The molecular weight excluding hydrogens is 250 g/mol. The van der Waals surface area contributed by atoms with Crippen LogP contribution in [0.15, 0.2) is 48.5 Å². The normalized spacial score (nSPS) is 15.5. The third-order valence-corrected chi connectivity index (χ3v) is 3.52. The van der Waals surface area contributed by atoms with Crippen molar-refractivity contribution in [2.24, 2.45) is 0 Å². The molecule has 0 aliphatic carbocycles. The van der Waals surface area contributed by atoms with E-state index in [2.05, 4.69) is 53.4 Å². The highest BCUT2D eigenvalue weighted by Gasteiger charge is 2.17. The Morgan fingerprint density at radius 3 is 1.80 bits per heavy atom. The van der Waals surface area contributed by atoms with Gasteiger partial charge < -0.3 is 14.4 Å². The van der Waals surface area contributed by atoms with Crippen LogP contribution in [0.4, 0.5) is 5.69 Å². The first-order valence-corrected chi connectivity index (χ1v) is 6.85. The van der Waals surface area contributed by atoms with Crippen molar-refractivity contribution in [1.29, 1.82) is 0 Å². The van der Waals surface area contributed by atoms with Crippen LogP contribution in [0.1, 0.15) is 11.9 Å².